The van der Waals surface area contributed by atoms with E-state index in [2.05, 4.69) is 69.0 Å². The van der Waals surface area contributed by atoms with E-state index in [1.165, 1.54) is 47.3 Å². The predicted molar refractivity (Wildman–Crippen MR) is 168 cm³/mol. The number of aromatic nitrogens is 1. The molecule has 4 bridgehead atoms. The van der Waals surface area contributed by atoms with E-state index >= 15 is 0 Å². The highest BCUT2D eigenvalue weighted by molar-refractivity contribution is 9.15. The number of fused-ring (bicyclic) bond motifs is 2. The van der Waals surface area contributed by atoms with Crippen LogP contribution >= 0.6 is 86.8 Å². The van der Waals surface area contributed by atoms with Gasteiger partial charge >= 0.3 is 0 Å². The van der Waals surface area contributed by atoms with E-state index in [4.69, 9.17) is 4.98 Å². The number of anilines is 1. The molecule has 1 aliphatic heterocycles. The first kappa shape index (κ1) is 27.1. The number of halogens is 4. The van der Waals surface area contributed by atoms with Gasteiger partial charge in [-0.15, -0.1) is 11.3 Å². The number of rotatable bonds is 5. The number of nitrogens with one attached hydrogen (secondary N) is 1. The molecule has 4 saturated carbocycles. The summed E-state index contributed by atoms with van der Waals surface area (Å²) in [4.78, 5) is 45.6. The van der Waals surface area contributed by atoms with Crippen molar-refractivity contribution in [3.8, 4) is 0 Å². The van der Waals surface area contributed by atoms with Crippen LogP contribution in [0.1, 0.15) is 59.2 Å². The summed E-state index contributed by atoms with van der Waals surface area (Å²) < 4.78 is 4.01. The maximum absolute atomic E-state index is 13.4. The molecule has 202 valence electrons. The predicted octanol–water partition coefficient (Wildman–Crippen LogP) is 8.32. The van der Waals surface area contributed by atoms with Crippen molar-refractivity contribution in [3.63, 3.8) is 0 Å². The van der Waals surface area contributed by atoms with Gasteiger partial charge < -0.3 is 5.32 Å². The van der Waals surface area contributed by atoms with Gasteiger partial charge in [0.1, 0.15) is 0 Å². The molecule has 1 aromatic heterocycles. The first-order valence-electron chi connectivity index (χ1n) is 12.7. The molecule has 5 aliphatic rings. The number of amides is 3. The zero-order chi connectivity index (χ0) is 27.2. The van der Waals surface area contributed by atoms with Crippen molar-refractivity contribution in [1.82, 2.24) is 10.3 Å². The second kappa shape index (κ2) is 9.90. The van der Waals surface area contributed by atoms with Gasteiger partial charge in [-0.05, 0) is 138 Å². The number of thioether (sulfide) groups is 1. The Bertz CT molecular complexity index is 1520. The molecular formula is C27H21Br4N3O3S2. The Hall–Kier alpha value is -0.790. The molecule has 4 fully saturated rings. The molecule has 4 aliphatic carbocycles. The normalized spacial score (nSPS) is 27.1. The van der Waals surface area contributed by atoms with E-state index in [0.717, 1.165) is 51.6 Å². The van der Waals surface area contributed by atoms with Gasteiger partial charge in [-0.25, -0.2) is 9.88 Å². The SMILES string of the molecule is O=C(CSc1nc2ccc(N3C(=O)c4c(Br)c(Br)c(Br)c(Br)c4C3=O)cc2s1)NC12CC3CC(CC(C3)C1)C2. The molecule has 0 spiro atoms. The van der Waals surface area contributed by atoms with Gasteiger partial charge in [0.25, 0.3) is 11.8 Å². The fourth-order valence-electron chi connectivity index (χ4n) is 7.40. The molecule has 8 rings (SSSR count). The fraction of sp³-hybridized carbons (Fsp3) is 0.407. The number of carbonyl (C=O) groups excluding carboxylic acids is 3. The number of benzene rings is 2. The van der Waals surface area contributed by atoms with Crippen LogP contribution in [0, 0.1) is 17.8 Å². The second-order valence-electron chi connectivity index (χ2n) is 11.1. The topological polar surface area (TPSA) is 79.4 Å². The van der Waals surface area contributed by atoms with E-state index in [0.29, 0.717) is 40.5 Å². The lowest BCUT2D eigenvalue weighted by Gasteiger charge is -2.56. The number of hydrogen-bond donors (Lipinski definition) is 1. The minimum Gasteiger partial charge on any atom is -0.350 e. The number of hydrogen-bond acceptors (Lipinski definition) is 6. The van der Waals surface area contributed by atoms with Crippen molar-refractivity contribution >= 4 is 120 Å². The lowest BCUT2D eigenvalue weighted by Crippen LogP contribution is -2.60. The second-order valence-corrected chi connectivity index (χ2v) is 16.5. The largest absolute Gasteiger partial charge is 0.350 e. The number of nitrogens with zero attached hydrogens (tertiary/aromatic N) is 2. The van der Waals surface area contributed by atoms with Crippen molar-refractivity contribution in [2.75, 3.05) is 10.7 Å². The zero-order valence-electron chi connectivity index (χ0n) is 20.4. The Balaban J connectivity index is 1.08. The number of carbonyl (C=O) groups is 3. The summed E-state index contributed by atoms with van der Waals surface area (Å²) in [6, 6.07) is 5.38. The number of imide groups is 1. The van der Waals surface area contributed by atoms with E-state index < -0.39 is 11.8 Å². The van der Waals surface area contributed by atoms with Crippen LogP contribution in [0.25, 0.3) is 10.2 Å². The van der Waals surface area contributed by atoms with Crippen LogP contribution in [0.5, 0.6) is 0 Å². The Morgan fingerprint density at radius 1 is 0.949 bits per heavy atom. The monoisotopic (exact) mass is 815 g/mol. The Morgan fingerprint density at radius 3 is 2.08 bits per heavy atom. The first-order chi connectivity index (χ1) is 18.6. The maximum Gasteiger partial charge on any atom is 0.267 e. The first-order valence-corrected chi connectivity index (χ1v) is 17.7. The van der Waals surface area contributed by atoms with Crippen LogP contribution in [-0.2, 0) is 4.79 Å². The molecule has 1 N–H and O–H groups in total. The van der Waals surface area contributed by atoms with Gasteiger partial charge in [0, 0.05) is 23.4 Å². The smallest absolute Gasteiger partial charge is 0.267 e. The molecule has 0 atom stereocenters. The van der Waals surface area contributed by atoms with Crippen LogP contribution in [-0.4, -0.2) is 34.0 Å². The third-order valence-electron chi connectivity index (χ3n) is 8.48. The van der Waals surface area contributed by atoms with Crippen LogP contribution in [0.2, 0.25) is 0 Å². The van der Waals surface area contributed by atoms with Gasteiger partial charge in [0.2, 0.25) is 5.91 Å². The summed E-state index contributed by atoms with van der Waals surface area (Å²) in [5.74, 6) is 1.99. The van der Waals surface area contributed by atoms with Crippen molar-refractivity contribution in [1.29, 1.82) is 0 Å². The Kier molecular flexibility index (Phi) is 6.87. The molecule has 0 unspecified atom stereocenters. The number of thiazole rings is 1. The van der Waals surface area contributed by atoms with E-state index in [1.807, 2.05) is 12.1 Å². The Labute approximate surface area is 267 Å². The van der Waals surface area contributed by atoms with Crippen LogP contribution in [0.15, 0.2) is 40.4 Å². The highest BCUT2D eigenvalue weighted by Gasteiger charge is 2.51. The lowest BCUT2D eigenvalue weighted by atomic mass is 9.53. The molecular weight excluding hydrogens is 798 g/mol. The molecule has 2 heterocycles. The molecule has 3 aromatic rings. The van der Waals surface area contributed by atoms with Gasteiger partial charge in [-0.1, -0.05) is 11.8 Å². The summed E-state index contributed by atoms with van der Waals surface area (Å²) in [5.41, 5.74) is 1.90. The van der Waals surface area contributed by atoms with E-state index in [9.17, 15) is 14.4 Å². The molecule has 0 radical (unpaired) electrons. The van der Waals surface area contributed by atoms with Crippen molar-refractivity contribution in [3.05, 3.63) is 47.2 Å². The molecule has 3 amide bonds. The minimum atomic E-state index is -0.393. The third kappa shape index (κ3) is 4.50. The quantitative estimate of drug-likeness (QED) is 0.121. The highest BCUT2D eigenvalue weighted by atomic mass is 79.9. The summed E-state index contributed by atoms with van der Waals surface area (Å²) in [5, 5.41) is 3.43. The van der Waals surface area contributed by atoms with Gasteiger partial charge in [-0.3, -0.25) is 14.4 Å². The van der Waals surface area contributed by atoms with Crippen LogP contribution in [0.4, 0.5) is 5.69 Å². The summed E-state index contributed by atoms with van der Waals surface area (Å²) >= 11 is 16.8. The lowest BCUT2D eigenvalue weighted by molar-refractivity contribution is -0.124. The zero-order valence-corrected chi connectivity index (χ0v) is 28.3. The van der Waals surface area contributed by atoms with Gasteiger partial charge in [0.05, 0.1) is 32.8 Å². The molecule has 2 aromatic carbocycles. The molecule has 0 saturated heterocycles. The highest BCUT2D eigenvalue weighted by Crippen LogP contribution is 2.55. The van der Waals surface area contributed by atoms with Crippen LogP contribution < -0.4 is 10.2 Å². The van der Waals surface area contributed by atoms with E-state index in [1.54, 1.807) is 6.07 Å². The summed E-state index contributed by atoms with van der Waals surface area (Å²) in [6.45, 7) is 0. The van der Waals surface area contributed by atoms with Gasteiger partial charge in [-0.2, -0.15) is 0 Å². The van der Waals surface area contributed by atoms with Gasteiger partial charge in [0.15, 0.2) is 4.34 Å². The van der Waals surface area contributed by atoms with E-state index in [-0.39, 0.29) is 11.4 Å². The van der Waals surface area contributed by atoms with Crippen molar-refractivity contribution in [2.45, 2.75) is 48.4 Å². The van der Waals surface area contributed by atoms with Crippen molar-refractivity contribution in [2.24, 2.45) is 17.8 Å². The standard InChI is InChI=1S/C27H21Br4N3O3S2/c28-20-18-19(21(29)23(31)22(20)30)25(37)34(24(18)36)14-1-2-15-16(6-14)39-26(32-15)38-10-17(35)33-27-7-11-3-12(8-27)5-13(4-11)9-27/h1-2,6,11-13H,3-5,7-10H2,(H,33,35). The summed E-state index contributed by atoms with van der Waals surface area (Å²) in [7, 11) is 0. The molecule has 6 nitrogen and oxygen atoms in total. The average molecular weight is 819 g/mol. The summed E-state index contributed by atoms with van der Waals surface area (Å²) in [6.07, 6.45) is 7.46. The maximum atomic E-state index is 13.4. The fourth-order valence-corrected chi connectivity index (χ4v) is 11.8. The average Bonchev–Trinajstić information content (AvgIpc) is 3.40. The minimum absolute atomic E-state index is 0.0103. The Morgan fingerprint density at radius 2 is 1.51 bits per heavy atom. The molecule has 39 heavy (non-hydrogen) atoms. The van der Waals surface area contributed by atoms with Crippen molar-refractivity contribution < 1.29 is 14.4 Å². The third-order valence-corrected chi connectivity index (χ3v) is 15.4. The van der Waals surface area contributed by atoms with Crippen LogP contribution in [0.3, 0.4) is 0 Å². The molecule has 12 heteroatoms.